The van der Waals surface area contributed by atoms with Gasteiger partial charge in [-0.05, 0) is 37.5 Å². The molecule has 0 amide bonds. The summed E-state index contributed by atoms with van der Waals surface area (Å²) < 4.78 is 67.7. The van der Waals surface area contributed by atoms with E-state index in [0.717, 1.165) is 128 Å². The lowest BCUT2D eigenvalue weighted by Crippen LogP contribution is -2.30. The van der Waals surface area contributed by atoms with E-state index in [1.165, 1.54) is 83.5 Å². The van der Waals surface area contributed by atoms with E-state index >= 15 is 0 Å². The number of phosphoric ester groups is 2. The molecule has 3 N–H and O–H groups in total. The van der Waals surface area contributed by atoms with Crippen molar-refractivity contribution < 1.29 is 80.2 Å². The summed E-state index contributed by atoms with van der Waals surface area (Å²) in [4.78, 5) is 71.8. The maximum absolute atomic E-state index is 12.9. The van der Waals surface area contributed by atoms with E-state index in [1.54, 1.807) is 0 Å². The van der Waals surface area contributed by atoms with Crippen molar-refractivity contribution in [2.45, 2.75) is 317 Å². The first-order valence-corrected chi connectivity index (χ1v) is 35.0. The van der Waals surface area contributed by atoms with Gasteiger partial charge in [0.2, 0.25) is 0 Å². The molecule has 0 spiro atoms. The van der Waals surface area contributed by atoms with Gasteiger partial charge in [-0.3, -0.25) is 37.3 Å². The Morgan fingerprint density at radius 1 is 0.338 bits per heavy atom. The van der Waals surface area contributed by atoms with Crippen molar-refractivity contribution in [2.75, 3.05) is 39.6 Å². The zero-order valence-corrected chi connectivity index (χ0v) is 53.2. The van der Waals surface area contributed by atoms with Crippen molar-refractivity contribution in [2.24, 2.45) is 11.8 Å². The Labute approximate surface area is 486 Å². The van der Waals surface area contributed by atoms with Crippen LogP contribution in [0, 0.1) is 11.8 Å². The van der Waals surface area contributed by atoms with Gasteiger partial charge in [0.1, 0.15) is 19.3 Å². The first kappa shape index (κ1) is 78.1. The van der Waals surface area contributed by atoms with Gasteiger partial charge in [0, 0.05) is 25.7 Å². The first-order chi connectivity index (χ1) is 38.4. The van der Waals surface area contributed by atoms with E-state index in [1.807, 2.05) is 0 Å². The van der Waals surface area contributed by atoms with Crippen LogP contribution >= 0.6 is 15.6 Å². The third kappa shape index (κ3) is 55.3. The molecule has 0 aromatic carbocycles. The molecule has 0 rings (SSSR count). The van der Waals surface area contributed by atoms with Crippen LogP contribution in [0.4, 0.5) is 0 Å². The molecule has 19 heteroatoms. The quantitative estimate of drug-likeness (QED) is 0.0222. The number of esters is 4. The Morgan fingerprint density at radius 2 is 0.575 bits per heavy atom. The topological polar surface area (TPSA) is 237 Å². The van der Waals surface area contributed by atoms with Crippen molar-refractivity contribution in [3.63, 3.8) is 0 Å². The van der Waals surface area contributed by atoms with Gasteiger partial charge in [0.25, 0.3) is 0 Å². The summed E-state index contributed by atoms with van der Waals surface area (Å²) in [6, 6.07) is 0. The first-order valence-electron chi connectivity index (χ1n) is 32.0. The minimum atomic E-state index is -4.94. The van der Waals surface area contributed by atoms with E-state index in [9.17, 15) is 43.2 Å². The number of aliphatic hydroxyl groups excluding tert-OH is 1. The minimum Gasteiger partial charge on any atom is -0.462 e. The highest BCUT2D eigenvalue weighted by Crippen LogP contribution is 2.45. The second kappa shape index (κ2) is 53.8. The fourth-order valence-corrected chi connectivity index (χ4v) is 10.6. The van der Waals surface area contributed by atoms with Crippen molar-refractivity contribution in [3.8, 4) is 0 Å². The number of rotatable bonds is 60. The van der Waals surface area contributed by atoms with Gasteiger partial charge in [-0.1, -0.05) is 247 Å². The van der Waals surface area contributed by atoms with Gasteiger partial charge < -0.3 is 33.8 Å². The van der Waals surface area contributed by atoms with Crippen LogP contribution in [0.1, 0.15) is 298 Å². The maximum Gasteiger partial charge on any atom is 0.472 e. The lowest BCUT2D eigenvalue weighted by Gasteiger charge is -2.21. The maximum atomic E-state index is 12.9. The van der Waals surface area contributed by atoms with E-state index in [0.29, 0.717) is 31.6 Å². The van der Waals surface area contributed by atoms with Crippen LogP contribution in [0.25, 0.3) is 0 Å². The van der Waals surface area contributed by atoms with E-state index < -0.39 is 97.5 Å². The zero-order valence-electron chi connectivity index (χ0n) is 51.4. The Balaban J connectivity index is 5.17. The van der Waals surface area contributed by atoms with Crippen LogP contribution in [-0.4, -0.2) is 96.7 Å². The van der Waals surface area contributed by atoms with E-state index in [-0.39, 0.29) is 25.7 Å². The average molecular weight is 1190 g/mol. The minimum absolute atomic E-state index is 0.103. The molecule has 0 aromatic heterocycles. The zero-order chi connectivity index (χ0) is 59.4. The molecule has 474 valence electrons. The summed E-state index contributed by atoms with van der Waals surface area (Å²) in [7, 11) is -9.87. The monoisotopic (exact) mass is 1180 g/mol. The fourth-order valence-electron chi connectivity index (χ4n) is 9.00. The SMILES string of the molecule is CCCCCCCCCC(=O)OC[C@H](COP(=O)(O)OC[C@H](O)COP(=O)(O)OC[C@@H](COC(=O)CCCCCCCCCC(C)C)OC(=O)CCCCCCCCCCCCCCCC(C)C)OC(=O)CCCCCCCCC. The molecule has 80 heavy (non-hydrogen) atoms. The number of carbonyl (C=O) groups excluding carboxylic acids is 4. The molecule has 0 saturated heterocycles. The smallest absolute Gasteiger partial charge is 0.462 e. The fraction of sp³-hybridized carbons (Fsp3) is 0.934. The van der Waals surface area contributed by atoms with Crippen molar-refractivity contribution in [1.29, 1.82) is 0 Å². The molecule has 0 aliphatic heterocycles. The van der Waals surface area contributed by atoms with Gasteiger partial charge in [0.15, 0.2) is 12.2 Å². The van der Waals surface area contributed by atoms with Crippen molar-refractivity contribution in [3.05, 3.63) is 0 Å². The lowest BCUT2D eigenvalue weighted by atomic mass is 10.0. The summed E-state index contributed by atoms with van der Waals surface area (Å²) in [5, 5.41) is 10.5. The lowest BCUT2D eigenvalue weighted by molar-refractivity contribution is -0.161. The Hall–Kier alpha value is -1.94. The second-order valence-corrected chi connectivity index (χ2v) is 25.9. The van der Waals surface area contributed by atoms with Crippen molar-refractivity contribution >= 4 is 39.5 Å². The number of aliphatic hydroxyl groups is 1. The van der Waals surface area contributed by atoms with Gasteiger partial charge in [-0.2, -0.15) is 0 Å². The molecule has 0 aromatic rings. The number of phosphoric acid groups is 2. The van der Waals surface area contributed by atoms with Crippen LogP contribution in [-0.2, 0) is 65.4 Å². The Morgan fingerprint density at radius 3 is 0.850 bits per heavy atom. The van der Waals surface area contributed by atoms with Gasteiger partial charge >= 0.3 is 39.5 Å². The predicted molar refractivity (Wildman–Crippen MR) is 317 cm³/mol. The Bertz CT molecular complexity index is 1580. The third-order valence-electron chi connectivity index (χ3n) is 14.0. The molecule has 17 nitrogen and oxygen atoms in total. The Kier molecular flexibility index (Phi) is 52.5. The molecule has 0 aliphatic carbocycles. The summed E-state index contributed by atoms with van der Waals surface area (Å²) in [5.74, 6) is -0.656. The summed E-state index contributed by atoms with van der Waals surface area (Å²) in [6.45, 7) is 9.35. The second-order valence-electron chi connectivity index (χ2n) is 23.0. The summed E-state index contributed by atoms with van der Waals surface area (Å²) in [5.41, 5.74) is 0. The van der Waals surface area contributed by atoms with Crippen LogP contribution in [0.2, 0.25) is 0 Å². The summed E-state index contributed by atoms with van der Waals surface area (Å²) in [6.07, 6.45) is 35.2. The molecule has 0 fully saturated rings. The van der Waals surface area contributed by atoms with Crippen molar-refractivity contribution in [1.82, 2.24) is 0 Å². The van der Waals surface area contributed by atoms with Gasteiger partial charge in [0.05, 0.1) is 26.4 Å². The molecular weight excluding hydrogens is 1070 g/mol. The highest BCUT2D eigenvalue weighted by atomic mass is 31.2. The highest BCUT2D eigenvalue weighted by molar-refractivity contribution is 7.47. The molecule has 0 radical (unpaired) electrons. The van der Waals surface area contributed by atoms with Crippen LogP contribution < -0.4 is 0 Å². The van der Waals surface area contributed by atoms with Gasteiger partial charge in [-0.15, -0.1) is 0 Å². The number of unbranched alkanes of at least 4 members (excludes halogenated alkanes) is 30. The van der Waals surface area contributed by atoms with E-state index in [4.69, 9.17) is 37.0 Å². The highest BCUT2D eigenvalue weighted by Gasteiger charge is 2.30. The molecule has 0 aliphatic rings. The number of hydrogen-bond acceptors (Lipinski definition) is 15. The predicted octanol–water partition coefficient (Wildman–Crippen LogP) is 16.5. The standard InChI is InChI=1S/C61H118O17P2/c1-7-9-11-13-23-31-37-43-58(63)71-49-56(77-60(65)45-39-33-24-14-12-10-8-2)51-75-79(67,68)73-47-55(62)48-74-80(69,70)76-52-57(50-72-59(64)44-38-32-28-22-26-30-36-42-54(5)6)78-61(66)46-40-34-27-21-19-17-15-16-18-20-25-29-35-41-53(3)4/h53-57,62H,7-52H2,1-6H3,(H,67,68)(H,69,70)/t55-,56+,57+/m0/s1. The average Bonchev–Trinajstić information content (AvgIpc) is 3.41. The van der Waals surface area contributed by atoms with Crippen LogP contribution in [0.15, 0.2) is 0 Å². The molecule has 5 atom stereocenters. The number of ether oxygens (including phenoxy) is 4. The largest absolute Gasteiger partial charge is 0.472 e. The summed E-state index contributed by atoms with van der Waals surface area (Å²) >= 11 is 0. The molecular formula is C61H118O17P2. The third-order valence-corrected chi connectivity index (χ3v) is 15.9. The molecule has 0 bridgehead atoms. The molecule has 0 saturated carbocycles. The van der Waals surface area contributed by atoms with Crippen LogP contribution in [0.5, 0.6) is 0 Å². The number of carbonyl (C=O) groups is 4. The molecule has 2 unspecified atom stereocenters. The normalized spacial score (nSPS) is 14.4. The van der Waals surface area contributed by atoms with E-state index in [2.05, 4.69) is 41.5 Å². The van der Waals surface area contributed by atoms with Crippen LogP contribution in [0.3, 0.4) is 0 Å². The molecule has 0 heterocycles. The van der Waals surface area contributed by atoms with Gasteiger partial charge in [-0.25, -0.2) is 9.13 Å². The number of hydrogen-bond donors (Lipinski definition) is 3.